The van der Waals surface area contributed by atoms with Gasteiger partial charge in [-0.15, -0.1) is 0 Å². The van der Waals surface area contributed by atoms with Crippen LogP contribution in [0, 0.1) is 30.1 Å². The van der Waals surface area contributed by atoms with E-state index in [4.69, 9.17) is 4.74 Å². The summed E-state index contributed by atoms with van der Waals surface area (Å²) < 4.78 is 5.15. The van der Waals surface area contributed by atoms with E-state index in [1.807, 2.05) is 42.2 Å². The van der Waals surface area contributed by atoms with E-state index in [1.54, 1.807) is 6.92 Å². The number of nitrogens with zero attached hydrogens (tertiary/aromatic N) is 3. The van der Waals surface area contributed by atoms with Crippen LogP contribution in [-0.4, -0.2) is 41.5 Å². The zero-order valence-electron chi connectivity index (χ0n) is 18.1. The van der Waals surface area contributed by atoms with Crippen molar-refractivity contribution < 1.29 is 14.3 Å². The Balaban J connectivity index is 1.73. The molecule has 9 heteroatoms. The second-order valence-electron chi connectivity index (χ2n) is 8.18. The molecule has 3 unspecified atom stereocenters. The molecule has 0 bridgehead atoms. The second-order valence-corrected chi connectivity index (χ2v) is 8.18. The van der Waals surface area contributed by atoms with Crippen LogP contribution in [0.2, 0.25) is 0 Å². The summed E-state index contributed by atoms with van der Waals surface area (Å²) in [6, 6.07) is 9.48. The Morgan fingerprint density at radius 1 is 1.38 bits per heavy atom. The van der Waals surface area contributed by atoms with Crippen molar-refractivity contribution in [3.63, 3.8) is 0 Å². The Hall–Kier alpha value is -3.67. The number of aromatic amines is 1. The zero-order valence-corrected chi connectivity index (χ0v) is 18.1. The summed E-state index contributed by atoms with van der Waals surface area (Å²) >= 11 is 0. The molecule has 1 saturated heterocycles. The molecule has 0 aliphatic carbocycles. The molecule has 32 heavy (non-hydrogen) atoms. The number of fused-ring (bicyclic) bond motifs is 1. The van der Waals surface area contributed by atoms with E-state index in [1.165, 1.54) is 0 Å². The lowest BCUT2D eigenvalue weighted by Crippen LogP contribution is -2.43. The van der Waals surface area contributed by atoms with E-state index >= 15 is 0 Å². The number of aryl methyl sites for hydroxylation is 1. The molecule has 2 aliphatic rings. The number of esters is 1. The van der Waals surface area contributed by atoms with Crippen molar-refractivity contribution in [2.24, 2.45) is 11.8 Å². The Kier molecular flexibility index (Phi) is 5.95. The van der Waals surface area contributed by atoms with Crippen LogP contribution < -0.4 is 15.8 Å². The molecule has 3 atom stereocenters. The van der Waals surface area contributed by atoms with Crippen molar-refractivity contribution in [2.75, 3.05) is 29.9 Å². The highest BCUT2D eigenvalue weighted by molar-refractivity contribution is 5.98. The number of ether oxygens (including phenoxy) is 1. The summed E-state index contributed by atoms with van der Waals surface area (Å²) in [5.74, 6) is -2.36. The number of hydrogen-bond donors (Lipinski definition) is 2. The predicted molar refractivity (Wildman–Crippen MR) is 117 cm³/mol. The van der Waals surface area contributed by atoms with Crippen LogP contribution in [0.5, 0.6) is 0 Å². The molecule has 2 N–H and O–H groups in total. The summed E-state index contributed by atoms with van der Waals surface area (Å²) in [5.41, 5.74) is 1.54. The van der Waals surface area contributed by atoms with E-state index < -0.39 is 23.3 Å². The number of amides is 1. The first-order valence-corrected chi connectivity index (χ1v) is 10.8. The van der Waals surface area contributed by atoms with Gasteiger partial charge in [0.05, 0.1) is 24.2 Å². The fraction of sp³-hybridized carbons (Fsp3) is 0.435. The van der Waals surface area contributed by atoms with Gasteiger partial charge in [-0.05, 0) is 32.3 Å². The van der Waals surface area contributed by atoms with Gasteiger partial charge in [0.2, 0.25) is 11.9 Å². The average Bonchev–Trinajstić information content (AvgIpc) is 2.78. The van der Waals surface area contributed by atoms with Crippen LogP contribution in [0.3, 0.4) is 0 Å². The number of anilines is 2. The zero-order chi connectivity index (χ0) is 22.8. The molecular formula is C23H25N5O4. The standard InChI is InChI=1S/C23H25N5O4/c1-3-32-22(31)15-8-5-9-28(12-15)23-26-19-18(21(30)27-23)17(16(11-24)20(29)25-19)14-7-4-6-13(2)10-14/h4,6-7,10,15-17H,3,5,8-9,12H2,1-2H3,(H2,25,26,27,29,30). The molecule has 0 radical (unpaired) electrons. The number of aromatic nitrogens is 2. The molecule has 2 aliphatic heterocycles. The second kappa shape index (κ2) is 8.83. The van der Waals surface area contributed by atoms with Gasteiger partial charge in [-0.1, -0.05) is 29.8 Å². The van der Waals surface area contributed by atoms with Crippen LogP contribution in [0.1, 0.15) is 42.4 Å². The number of nitrogens with one attached hydrogen (secondary N) is 2. The van der Waals surface area contributed by atoms with Crippen LogP contribution in [-0.2, 0) is 14.3 Å². The number of H-pyrrole nitrogens is 1. The first-order chi connectivity index (χ1) is 15.4. The minimum atomic E-state index is -1.04. The lowest BCUT2D eigenvalue weighted by molar-refractivity contribution is -0.148. The number of rotatable bonds is 4. The van der Waals surface area contributed by atoms with Crippen molar-refractivity contribution in [3.05, 3.63) is 51.3 Å². The normalized spacial score (nSPS) is 22.5. The van der Waals surface area contributed by atoms with E-state index in [9.17, 15) is 19.6 Å². The molecule has 0 saturated carbocycles. The highest BCUT2D eigenvalue weighted by atomic mass is 16.5. The molecule has 9 nitrogen and oxygen atoms in total. The first kappa shape index (κ1) is 21.6. The van der Waals surface area contributed by atoms with Gasteiger partial charge in [0.1, 0.15) is 11.7 Å². The smallest absolute Gasteiger partial charge is 0.310 e. The van der Waals surface area contributed by atoms with E-state index in [2.05, 4.69) is 15.3 Å². The molecular weight excluding hydrogens is 410 g/mol. The fourth-order valence-corrected chi connectivity index (χ4v) is 4.49. The molecule has 1 fully saturated rings. The van der Waals surface area contributed by atoms with Gasteiger partial charge in [-0.3, -0.25) is 19.4 Å². The summed E-state index contributed by atoms with van der Waals surface area (Å²) in [6.07, 6.45) is 1.46. The SMILES string of the molecule is CCOC(=O)C1CCCN(c2nc3c(c(=O)[nH]2)C(c2cccc(C)c2)C(C#N)C(=O)N3)C1. The van der Waals surface area contributed by atoms with Crippen molar-refractivity contribution in [1.29, 1.82) is 5.26 Å². The maximum atomic E-state index is 13.2. The molecule has 0 spiro atoms. The van der Waals surface area contributed by atoms with Crippen LogP contribution in [0.15, 0.2) is 29.1 Å². The highest BCUT2D eigenvalue weighted by Gasteiger charge is 2.40. The summed E-state index contributed by atoms with van der Waals surface area (Å²) in [4.78, 5) is 47.3. The minimum Gasteiger partial charge on any atom is -0.466 e. The highest BCUT2D eigenvalue weighted by Crippen LogP contribution is 2.38. The van der Waals surface area contributed by atoms with Gasteiger partial charge in [-0.2, -0.15) is 10.2 Å². The Morgan fingerprint density at radius 3 is 2.91 bits per heavy atom. The molecule has 1 aromatic heterocycles. The van der Waals surface area contributed by atoms with E-state index in [-0.39, 0.29) is 23.3 Å². The Labute approximate surface area is 185 Å². The lowest BCUT2D eigenvalue weighted by Gasteiger charge is -2.33. The van der Waals surface area contributed by atoms with Crippen LogP contribution in [0.4, 0.5) is 11.8 Å². The van der Waals surface area contributed by atoms with Gasteiger partial charge in [0.25, 0.3) is 5.56 Å². The number of carbonyl (C=O) groups excluding carboxylic acids is 2. The Bertz CT molecular complexity index is 1150. The molecule has 1 aromatic carbocycles. The number of hydrogen-bond acceptors (Lipinski definition) is 7. The first-order valence-electron chi connectivity index (χ1n) is 10.8. The topological polar surface area (TPSA) is 128 Å². The maximum absolute atomic E-state index is 13.2. The minimum absolute atomic E-state index is 0.157. The summed E-state index contributed by atoms with van der Waals surface area (Å²) in [5, 5.41) is 12.3. The van der Waals surface area contributed by atoms with Gasteiger partial charge in [0, 0.05) is 19.0 Å². The summed E-state index contributed by atoms with van der Waals surface area (Å²) in [6.45, 7) is 4.99. The van der Waals surface area contributed by atoms with Gasteiger partial charge in [0.15, 0.2) is 0 Å². The summed E-state index contributed by atoms with van der Waals surface area (Å²) in [7, 11) is 0. The molecule has 3 heterocycles. The van der Waals surface area contributed by atoms with Crippen LogP contribution >= 0.6 is 0 Å². The monoisotopic (exact) mass is 435 g/mol. The Morgan fingerprint density at radius 2 is 2.19 bits per heavy atom. The van der Waals surface area contributed by atoms with Crippen molar-refractivity contribution in [3.8, 4) is 6.07 Å². The third-order valence-corrected chi connectivity index (χ3v) is 5.99. The number of nitriles is 1. The fourth-order valence-electron chi connectivity index (χ4n) is 4.49. The third-order valence-electron chi connectivity index (χ3n) is 5.99. The molecule has 1 amide bonds. The van der Waals surface area contributed by atoms with Gasteiger partial charge in [-0.25, -0.2) is 0 Å². The quantitative estimate of drug-likeness (QED) is 0.704. The number of carbonyl (C=O) groups is 2. The third kappa shape index (κ3) is 3.96. The lowest BCUT2D eigenvalue weighted by atomic mass is 9.79. The number of piperidine rings is 1. The molecule has 4 rings (SSSR count). The van der Waals surface area contributed by atoms with Crippen molar-refractivity contribution >= 4 is 23.6 Å². The van der Waals surface area contributed by atoms with E-state index in [0.29, 0.717) is 37.6 Å². The predicted octanol–water partition coefficient (Wildman–Crippen LogP) is 2.08. The van der Waals surface area contributed by atoms with E-state index in [0.717, 1.165) is 12.0 Å². The largest absolute Gasteiger partial charge is 0.466 e. The van der Waals surface area contributed by atoms with Gasteiger partial charge >= 0.3 is 5.97 Å². The van der Waals surface area contributed by atoms with Crippen LogP contribution in [0.25, 0.3) is 0 Å². The van der Waals surface area contributed by atoms with Gasteiger partial charge < -0.3 is 15.0 Å². The molecule has 166 valence electrons. The van der Waals surface area contributed by atoms with Crippen molar-refractivity contribution in [1.82, 2.24) is 9.97 Å². The average molecular weight is 435 g/mol. The molecule has 2 aromatic rings. The van der Waals surface area contributed by atoms with Crippen molar-refractivity contribution in [2.45, 2.75) is 32.6 Å². The number of benzene rings is 1. The maximum Gasteiger partial charge on any atom is 0.310 e.